The van der Waals surface area contributed by atoms with Gasteiger partial charge in [-0.1, -0.05) is 6.07 Å². The maximum atomic E-state index is 14.6. The molecule has 10 nitrogen and oxygen atoms in total. The molecule has 0 aliphatic heterocycles. The first-order chi connectivity index (χ1) is 15.5. The number of aromatic nitrogens is 5. The molecule has 4 heterocycles. The van der Waals surface area contributed by atoms with Gasteiger partial charge < -0.3 is 16.0 Å². The standard InChI is InChI=1S/C21H19FN8O2/c1-23-16-11-14(26-13-5-4-10-29(21(13)32)15-6-2-3-9-24-15)27-19-17(18(22)28-30(16)19)20(31)25-12-7-8-12/h2-6,9-12,23H,7-8H2,1H3,(H,25,31)(H,26,27). The molecule has 0 unspecified atom stereocenters. The number of carbonyl (C=O) groups is 1. The van der Waals surface area contributed by atoms with Crippen LogP contribution in [0.1, 0.15) is 23.2 Å². The molecule has 162 valence electrons. The first kappa shape index (κ1) is 19.7. The van der Waals surface area contributed by atoms with Crippen LogP contribution in [0.2, 0.25) is 0 Å². The summed E-state index contributed by atoms with van der Waals surface area (Å²) in [5, 5.41) is 12.5. The van der Waals surface area contributed by atoms with E-state index in [1.807, 2.05) is 0 Å². The van der Waals surface area contributed by atoms with Crippen molar-refractivity contribution >= 4 is 28.9 Å². The zero-order valence-electron chi connectivity index (χ0n) is 17.0. The molecule has 0 radical (unpaired) electrons. The van der Waals surface area contributed by atoms with E-state index in [1.165, 1.54) is 9.08 Å². The molecule has 1 saturated carbocycles. The van der Waals surface area contributed by atoms with E-state index in [1.54, 1.807) is 55.8 Å². The number of pyridine rings is 2. The zero-order chi connectivity index (χ0) is 22.2. The van der Waals surface area contributed by atoms with Crippen LogP contribution in [0.15, 0.2) is 53.6 Å². The largest absolute Gasteiger partial charge is 0.373 e. The van der Waals surface area contributed by atoms with Crippen molar-refractivity contribution in [3.05, 3.63) is 70.7 Å². The molecular weight excluding hydrogens is 415 g/mol. The van der Waals surface area contributed by atoms with Crippen LogP contribution in [-0.2, 0) is 0 Å². The molecule has 0 spiro atoms. The highest BCUT2D eigenvalue weighted by molar-refractivity contribution is 6.00. The van der Waals surface area contributed by atoms with Crippen molar-refractivity contribution in [3.63, 3.8) is 0 Å². The van der Waals surface area contributed by atoms with Gasteiger partial charge in [-0.2, -0.15) is 8.91 Å². The molecule has 1 amide bonds. The minimum Gasteiger partial charge on any atom is -0.373 e. The van der Waals surface area contributed by atoms with Crippen molar-refractivity contribution in [3.8, 4) is 5.82 Å². The highest BCUT2D eigenvalue weighted by Gasteiger charge is 2.29. The summed E-state index contributed by atoms with van der Waals surface area (Å²) in [5.41, 5.74) is -0.307. The Kier molecular flexibility index (Phi) is 4.77. The van der Waals surface area contributed by atoms with Gasteiger partial charge in [0.1, 0.15) is 28.7 Å². The van der Waals surface area contributed by atoms with E-state index >= 15 is 0 Å². The first-order valence-electron chi connectivity index (χ1n) is 10.0. The number of nitrogens with zero attached hydrogens (tertiary/aromatic N) is 5. The van der Waals surface area contributed by atoms with Gasteiger partial charge >= 0.3 is 0 Å². The minimum atomic E-state index is -0.915. The maximum Gasteiger partial charge on any atom is 0.279 e. The monoisotopic (exact) mass is 434 g/mol. The van der Waals surface area contributed by atoms with Gasteiger partial charge in [-0.15, -0.1) is 5.10 Å². The number of rotatable bonds is 6. The Labute approximate surface area is 181 Å². The lowest BCUT2D eigenvalue weighted by molar-refractivity contribution is 0.0948. The van der Waals surface area contributed by atoms with Crippen molar-refractivity contribution in [2.45, 2.75) is 18.9 Å². The van der Waals surface area contributed by atoms with Gasteiger partial charge in [0.2, 0.25) is 5.95 Å². The predicted molar refractivity (Wildman–Crippen MR) is 116 cm³/mol. The second-order valence-electron chi connectivity index (χ2n) is 7.34. The van der Waals surface area contributed by atoms with Gasteiger partial charge in [-0.3, -0.25) is 14.2 Å². The van der Waals surface area contributed by atoms with Crippen molar-refractivity contribution < 1.29 is 9.18 Å². The van der Waals surface area contributed by atoms with Crippen molar-refractivity contribution in [1.29, 1.82) is 0 Å². The van der Waals surface area contributed by atoms with Crippen LogP contribution in [-0.4, -0.2) is 43.1 Å². The van der Waals surface area contributed by atoms with Gasteiger partial charge in [0.25, 0.3) is 11.5 Å². The Bertz CT molecular complexity index is 1380. The van der Waals surface area contributed by atoms with E-state index in [0.29, 0.717) is 11.6 Å². The molecule has 0 bridgehead atoms. The minimum absolute atomic E-state index is 0.0379. The van der Waals surface area contributed by atoms with Crippen molar-refractivity contribution in [2.24, 2.45) is 0 Å². The lowest BCUT2D eigenvalue weighted by Crippen LogP contribution is -2.26. The molecule has 0 atom stereocenters. The lowest BCUT2D eigenvalue weighted by atomic mass is 10.3. The third-order valence-electron chi connectivity index (χ3n) is 5.05. The Hall–Kier alpha value is -4.28. The number of fused-ring (bicyclic) bond motifs is 1. The Balaban J connectivity index is 1.56. The van der Waals surface area contributed by atoms with Gasteiger partial charge in [-0.05, 0) is 37.1 Å². The second kappa shape index (κ2) is 7.76. The quantitative estimate of drug-likeness (QED) is 0.425. The fourth-order valence-electron chi connectivity index (χ4n) is 3.32. The summed E-state index contributed by atoms with van der Waals surface area (Å²) in [7, 11) is 1.64. The summed E-state index contributed by atoms with van der Waals surface area (Å²) in [6.45, 7) is 0. The fourth-order valence-corrected chi connectivity index (χ4v) is 3.32. The molecular formula is C21H19FN8O2. The molecule has 4 aromatic heterocycles. The van der Waals surface area contributed by atoms with Gasteiger partial charge in [-0.25, -0.2) is 9.97 Å². The van der Waals surface area contributed by atoms with Crippen molar-refractivity contribution in [2.75, 3.05) is 17.7 Å². The Morgan fingerprint density at radius 3 is 2.78 bits per heavy atom. The summed E-state index contributed by atoms with van der Waals surface area (Å²) >= 11 is 0. The SMILES string of the molecule is CNc1cc(Nc2cccn(-c3ccccn3)c2=O)nc2c(C(=O)NC3CC3)c(F)nn12. The number of halogens is 1. The zero-order valence-corrected chi connectivity index (χ0v) is 17.0. The number of hydrogen-bond donors (Lipinski definition) is 3. The third kappa shape index (κ3) is 3.53. The average Bonchev–Trinajstić information content (AvgIpc) is 3.54. The molecule has 32 heavy (non-hydrogen) atoms. The van der Waals surface area contributed by atoms with Crippen LogP contribution in [0.5, 0.6) is 0 Å². The normalized spacial score (nSPS) is 13.2. The third-order valence-corrected chi connectivity index (χ3v) is 5.05. The van der Waals surface area contributed by atoms with E-state index in [4.69, 9.17) is 0 Å². The van der Waals surface area contributed by atoms with E-state index in [0.717, 1.165) is 12.8 Å². The number of hydrogen-bond acceptors (Lipinski definition) is 7. The van der Waals surface area contributed by atoms with E-state index < -0.39 is 11.9 Å². The molecule has 1 fully saturated rings. The average molecular weight is 434 g/mol. The van der Waals surface area contributed by atoms with Crippen LogP contribution in [0.25, 0.3) is 11.5 Å². The molecule has 5 rings (SSSR count). The van der Waals surface area contributed by atoms with Gasteiger partial charge in [0.05, 0.1) is 0 Å². The van der Waals surface area contributed by atoms with E-state index in [2.05, 4.69) is 31.0 Å². The molecule has 0 saturated heterocycles. The van der Waals surface area contributed by atoms with E-state index in [9.17, 15) is 14.0 Å². The highest BCUT2D eigenvalue weighted by Crippen LogP contribution is 2.24. The maximum absolute atomic E-state index is 14.6. The summed E-state index contributed by atoms with van der Waals surface area (Å²) in [4.78, 5) is 34.1. The summed E-state index contributed by atoms with van der Waals surface area (Å²) in [6, 6.07) is 10.2. The molecule has 1 aliphatic rings. The lowest BCUT2D eigenvalue weighted by Gasteiger charge is -2.11. The van der Waals surface area contributed by atoms with Crippen LogP contribution in [0, 0.1) is 5.95 Å². The molecule has 1 aliphatic carbocycles. The predicted octanol–water partition coefficient (Wildman–Crippen LogP) is 2.09. The topological polar surface area (TPSA) is 118 Å². The summed E-state index contributed by atoms with van der Waals surface area (Å²) < 4.78 is 17.2. The Morgan fingerprint density at radius 2 is 2.06 bits per heavy atom. The molecule has 0 aromatic carbocycles. The second-order valence-corrected chi connectivity index (χ2v) is 7.34. The summed E-state index contributed by atoms with van der Waals surface area (Å²) in [5.74, 6) is -0.372. The smallest absolute Gasteiger partial charge is 0.279 e. The van der Waals surface area contributed by atoms with Gasteiger partial charge in [0, 0.05) is 31.5 Å². The first-order valence-corrected chi connectivity index (χ1v) is 10.0. The highest BCUT2D eigenvalue weighted by atomic mass is 19.1. The van der Waals surface area contributed by atoms with E-state index in [-0.39, 0.29) is 34.3 Å². The van der Waals surface area contributed by atoms with Crippen LogP contribution >= 0.6 is 0 Å². The molecule has 11 heteroatoms. The van der Waals surface area contributed by atoms with Crippen molar-refractivity contribution in [1.82, 2.24) is 29.5 Å². The number of amides is 1. The molecule has 4 aromatic rings. The molecule has 3 N–H and O–H groups in total. The van der Waals surface area contributed by atoms with Crippen LogP contribution in [0.3, 0.4) is 0 Å². The Morgan fingerprint density at radius 1 is 1.22 bits per heavy atom. The van der Waals surface area contributed by atoms with Crippen LogP contribution < -0.4 is 21.5 Å². The van der Waals surface area contributed by atoms with Gasteiger partial charge in [0.15, 0.2) is 5.65 Å². The summed E-state index contributed by atoms with van der Waals surface area (Å²) in [6.07, 6.45) is 4.94. The van der Waals surface area contributed by atoms with Crippen LogP contribution in [0.4, 0.5) is 21.7 Å². The number of anilines is 3. The fraction of sp³-hybridized carbons (Fsp3) is 0.190. The number of nitrogens with one attached hydrogen (secondary N) is 3. The number of carbonyl (C=O) groups excluding carboxylic acids is 1.